The van der Waals surface area contributed by atoms with Gasteiger partial charge in [-0.05, 0) is 54.1 Å². The number of methoxy groups -OCH3 is 1. The number of benzene rings is 3. The van der Waals surface area contributed by atoms with E-state index in [1.54, 1.807) is 37.6 Å². The number of halogens is 4. The Hall–Kier alpha value is -3.45. The van der Waals surface area contributed by atoms with E-state index < -0.39 is 11.7 Å². The van der Waals surface area contributed by atoms with Crippen molar-refractivity contribution in [1.82, 2.24) is 9.97 Å². The molecule has 4 rings (SSSR count). The van der Waals surface area contributed by atoms with Gasteiger partial charge in [-0.2, -0.15) is 13.2 Å². The zero-order valence-corrected chi connectivity index (χ0v) is 17.7. The Morgan fingerprint density at radius 3 is 2.34 bits per heavy atom. The first-order valence-corrected chi connectivity index (χ1v) is 9.99. The van der Waals surface area contributed by atoms with Crippen LogP contribution in [0, 0.1) is 0 Å². The Morgan fingerprint density at radius 2 is 1.69 bits per heavy atom. The maximum Gasteiger partial charge on any atom is 0.416 e. The Morgan fingerprint density at radius 1 is 0.969 bits per heavy atom. The molecule has 0 aliphatic rings. The minimum Gasteiger partial charge on any atom is -0.496 e. The van der Waals surface area contributed by atoms with E-state index in [0.717, 1.165) is 29.0 Å². The second-order valence-corrected chi connectivity index (χ2v) is 7.43. The van der Waals surface area contributed by atoms with Crippen molar-refractivity contribution >= 4 is 11.6 Å². The molecule has 0 radical (unpaired) electrons. The highest BCUT2D eigenvalue weighted by atomic mass is 35.5. The van der Waals surface area contributed by atoms with Gasteiger partial charge >= 0.3 is 6.18 Å². The van der Waals surface area contributed by atoms with Crippen LogP contribution in [0.3, 0.4) is 0 Å². The highest BCUT2D eigenvalue weighted by Crippen LogP contribution is 2.34. The van der Waals surface area contributed by atoms with Crippen LogP contribution in [0.2, 0.25) is 5.02 Å². The number of imidazole rings is 1. The van der Waals surface area contributed by atoms with Crippen LogP contribution in [0.15, 0.2) is 72.9 Å². The van der Waals surface area contributed by atoms with E-state index in [2.05, 4.69) is 9.97 Å². The van der Waals surface area contributed by atoms with E-state index in [1.165, 1.54) is 12.1 Å². The van der Waals surface area contributed by atoms with Gasteiger partial charge in [0.2, 0.25) is 0 Å². The fourth-order valence-corrected chi connectivity index (χ4v) is 3.28. The standard InChI is InChI=1S/C24H18ClF3N2O2/c1-31-22-12-19(32-14-15-2-6-17(7-3-15)24(26,27)28)10-11-20(22)21-13-29-23(30-21)16-4-8-18(25)9-5-16/h2-13H,14H2,1H3,(H,29,30). The molecule has 32 heavy (non-hydrogen) atoms. The summed E-state index contributed by atoms with van der Waals surface area (Å²) in [5.74, 6) is 1.80. The lowest BCUT2D eigenvalue weighted by Gasteiger charge is -2.12. The predicted molar refractivity (Wildman–Crippen MR) is 117 cm³/mol. The maximum absolute atomic E-state index is 12.7. The topological polar surface area (TPSA) is 47.1 Å². The molecule has 1 heterocycles. The molecule has 4 nitrogen and oxygen atoms in total. The van der Waals surface area contributed by atoms with Gasteiger partial charge < -0.3 is 14.5 Å². The molecular weight excluding hydrogens is 441 g/mol. The van der Waals surface area contributed by atoms with E-state index in [0.29, 0.717) is 27.9 Å². The van der Waals surface area contributed by atoms with Crippen molar-refractivity contribution in [3.63, 3.8) is 0 Å². The van der Waals surface area contributed by atoms with Gasteiger partial charge in [-0.15, -0.1) is 0 Å². The van der Waals surface area contributed by atoms with Crippen LogP contribution in [0.25, 0.3) is 22.6 Å². The summed E-state index contributed by atoms with van der Waals surface area (Å²) in [5.41, 5.74) is 2.39. The molecule has 0 saturated carbocycles. The molecule has 0 bridgehead atoms. The molecule has 0 aliphatic carbocycles. The van der Waals surface area contributed by atoms with Crippen LogP contribution >= 0.6 is 11.6 Å². The second kappa shape index (κ2) is 8.96. The SMILES string of the molecule is COc1cc(OCc2ccc(C(F)(F)F)cc2)ccc1-c1cnc(-c2ccc(Cl)cc2)[nH]1. The minimum absolute atomic E-state index is 0.130. The van der Waals surface area contributed by atoms with Gasteiger partial charge in [0.1, 0.15) is 23.9 Å². The summed E-state index contributed by atoms with van der Waals surface area (Å²) in [4.78, 5) is 7.69. The number of hydrogen-bond acceptors (Lipinski definition) is 3. The highest BCUT2D eigenvalue weighted by Gasteiger charge is 2.29. The lowest BCUT2D eigenvalue weighted by Crippen LogP contribution is -2.05. The van der Waals surface area contributed by atoms with Crippen molar-refractivity contribution in [2.45, 2.75) is 12.8 Å². The number of aromatic nitrogens is 2. The molecule has 1 N–H and O–H groups in total. The molecule has 1 aromatic heterocycles. The van der Waals surface area contributed by atoms with Crippen molar-refractivity contribution in [3.8, 4) is 34.1 Å². The van der Waals surface area contributed by atoms with Crippen molar-refractivity contribution in [2.24, 2.45) is 0 Å². The largest absolute Gasteiger partial charge is 0.496 e. The summed E-state index contributed by atoms with van der Waals surface area (Å²) < 4.78 is 49.3. The van der Waals surface area contributed by atoms with E-state index in [4.69, 9.17) is 21.1 Å². The number of alkyl halides is 3. The van der Waals surface area contributed by atoms with Crippen molar-refractivity contribution in [1.29, 1.82) is 0 Å². The van der Waals surface area contributed by atoms with Gasteiger partial charge in [-0.25, -0.2) is 4.98 Å². The number of nitrogens with zero attached hydrogens (tertiary/aromatic N) is 1. The lowest BCUT2D eigenvalue weighted by molar-refractivity contribution is -0.137. The van der Waals surface area contributed by atoms with E-state index in [9.17, 15) is 13.2 Å². The normalized spacial score (nSPS) is 11.4. The third-order valence-electron chi connectivity index (χ3n) is 4.84. The Balaban J connectivity index is 1.49. The number of nitrogens with one attached hydrogen (secondary N) is 1. The zero-order valence-electron chi connectivity index (χ0n) is 16.9. The molecule has 0 spiro atoms. The van der Waals surface area contributed by atoms with Gasteiger partial charge in [0.15, 0.2) is 0 Å². The van der Waals surface area contributed by atoms with Gasteiger partial charge in [0.05, 0.1) is 24.6 Å². The van der Waals surface area contributed by atoms with Crippen molar-refractivity contribution < 1.29 is 22.6 Å². The number of ether oxygens (including phenoxy) is 2. The van der Waals surface area contributed by atoms with Gasteiger partial charge in [0, 0.05) is 22.2 Å². The van der Waals surface area contributed by atoms with E-state index in [1.807, 2.05) is 18.2 Å². The van der Waals surface area contributed by atoms with Crippen LogP contribution in [-0.2, 0) is 12.8 Å². The van der Waals surface area contributed by atoms with Crippen LogP contribution < -0.4 is 9.47 Å². The third kappa shape index (κ3) is 4.89. The monoisotopic (exact) mass is 458 g/mol. The van der Waals surface area contributed by atoms with Crippen molar-refractivity contribution in [2.75, 3.05) is 7.11 Å². The minimum atomic E-state index is -4.36. The molecule has 164 valence electrons. The number of H-pyrrole nitrogens is 1. The molecule has 0 fully saturated rings. The predicted octanol–water partition coefficient (Wildman–Crippen LogP) is 7.00. The summed E-state index contributed by atoms with van der Waals surface area (Å²) in [6.07, 6.45) is -2.65. The molecule has 0 aliphatic heterocycles. The smallest absolute Gasteiger partial charge is 0.416 e. The van der Waals surface area contributed by atoms with Crippen molar-refractivity contribution in [3.05, 3.63) is 89.1 Å². The van der Waals surface area contributed by atoms with Crippen LogP contribution in [0.4, 0.5) is 13.2 Å². The fraction of sp³-hybridized carbons (Fsp3) is 0.125. The first kappa shape index (κ1) is 21.8. The van der Waals surface area contributed by atoms with E-state index >= 15 is 0 Å². The summed E-state index contributed by atoms with van der Waals surface area (Å²) in [7, 11) is 1.55. The molecule has 0 unspecified atom stereocenters. The Kier molecular flexibility index (Phi) is 6.10. The summed E-state index contributed by atoms with van der Waals surface area (Å²) in [5, 5.41) is 0.647. The lowest BCUT2D eigenvalue weighted by atomic mass is 10.1. The summed E-state index contributed by atoms with van der Waals surface area (Å²) in [6.45, 7) is 0.130. The average Bonchev–Trinajstić information content (AvgIpc) is 3.27. The van der Waals surface area contributed by atoms with Gasteiger partial charge in [0.25, 0.3) is 0 Å². The number of aromatic amines is 1. The average molecular weight is 459 g/mol. The summed E-state index contributed by atoms with van der Waals surface area (Å²) >= 11 is 5.94. The quantitative estimate of drug-likeness (QED) is 0.338. The molecule has 8 heteroatoms. The third-order valence-corrected chi connectivity index (χ3v) is 5.10. The highest BCUT2D eigenvalue weighted by molar-refractivity contribution is 6.30. The number of rotatable bonds is 6. The van der Waals surface area contributed by atoms with Gasteiger partial charge in [-0.1, -0.05) is 23.7 Å². The Labute approximate surface area is 187 Å². The maximum atomic E-state index is 12.7. The Bertz CT molecular complexity index is 1200. The second-order valence-electron chi connectivity index (χ2n) is 7.00. The van der Waals surface area contributed by atoms with Crippen LogP contribution in [0.5, 0.6) is 11.5 Å². The molecular formula is C24H18ClF3N2O2. The molecule has 0 saturated heterocycles. The molecule has 3 aromatic carbocycles. The zero-order chi connectivity index (χ0) is 22.7. The number of hydrogen-bond donors (Lipinski definition) is 1. The van der Waals surface area contributed by atoms with Gasteiger partial charge in [-0.3, -0.25) is 0 Å². The first-order chi connectivity index (χ1) is 15.3. The summed E-state index contributed by atoms with van der Waals surface area (Å²) in [6, 6.07) is 17.5. The first-order valence-electron chi connectivity index (χ1n) is 9.62. The molecule has 0 amide bonds. The van der Waals surface area contributed by atoms with Crippen LogP contribution in [-0.4, -0.2) is 17.1 Å². The van der Waals surface area contributed by atoms with Crippen LogP contribution in [0.1, 0.15) is 11.1 Å². The van der Waals surface area contributed by atoms with E-state index in [-0.39, 0.29) is 6.61 Å². The molecule has 4 aromatic rings. The fourth-order valence-electron chi connectivity index (χ4n) is 3.15. The molecule has 0 atom stereocenters.